The van der Waals surface area contributed by atoms with Crippen molar-refractivity contribution in [3.63, 3.8) is 0 Å². The standard InChI is InChI=1S/C44H60N4O7/c1-26-36-21-32(44(36,3)4)22-37(26)46-43(52)40-39(27(2)50)38(24-49)55-48(40)23-29-15-12-16-35(41(29)54-8)30-18-31(20-34(19-30)47(5)6)42(51)45-33(25-53-7)17-28-13-10-9-11-14-28/h9-16,18-20,26-27,32-33,36-40,49-50H,17,21-25H2,1-8H3,(H,45,51)(H,46,52)/t26-,27-,32?,33-,36-,37-,38-,39+,40-/m0/s1. The number of hydrogen-bond acceptors (Lipinski definition) is 9. The van der Waals surface area contributed by atoms with Crippen LogP contribution in [-0.4, -0.2) is 99.0 Å². The lowest BCUT2D eigenvalue weighted by Crippen LogP contribution is -2.62. The van der Waals surface area contributed by atoms with Gasteiger partial charge >= 0.3 is 0 Å². The van der Waals surface area contributed by atoms with E-state index in [9.17, 15) is 19.8 Å². The maximum atomic E-state index is 14.3. The number of nitrogens with one attached hydrogen (secondary N) is 2. The number of nitrogens with zero attached hydrogens (tertiary/aromatic N) is 2. The summed E-state index contributed by atoms with van der Waals surface area (Å²) in [6.07, 6.45) is 1.08. The number of aliphatic hydroxyl groups excluding tert-OH is 2. The molecular formula is C44H60N4O7. The van der Waals surface area contributed by atoms with Gasteiger partial charge in [-0.05, 0) is 78.7 Å². The van der Waals surface area contributed by atoms with Crippen molar-refractivity contribution < 1.29 is 34.1 Å². The number of methoxy groups -OCH3 is 2. The molecule has 1 aliphatic heterocycles. The highest BCUT2D eigenvalue weighted by Gasteiger charge is 2.57. The largest absolute Gasteiger partial charge is 0.496 e. The molecule has 4 fully saturated rings. The van der Waals surface area contributed by atoms with Crippen LogP contribution in [0.1, 0.15) is 62.0 Å². The molecule has 1 unspecified atom stereocenters. The van der Waals surface area contributed by atoms with Crippen LogP contribution in [0.25, 0.3) is 11.1 Å². The lowest BCUT2D eigenvalue weighted by Gasteiger charge is -2.62. The van der Waals surface area contributed by atoms with Gasteiger partial charge in [0.05, 0.1) is 39.0 Å². The molecule has 298 valence electrons. The van der Waals surface area contributed by atoms with Crippen LogP contribution in [0.2, 0.25) is 0 Å². The summed E-state index contributed by atoms with van der Waals surface area (Å²) in [6.45, 7) is 8.73. The topological polar surface area (TPSA) is 133 Å². The van der Waals surface area contributed by atoms with Gasteiger partial charge in [0.1, 0.15) is 17.9 Å². The molecule has 2 bridgehead atoms. The number of amides is 2. The predicted molar refractivity (Wildman–Crippen MR) is 214 cm³/mol. The maximum Gasteiger partial charge on any atom is 0.251 e. The molecular weight excluding hydrogens is 697 g/mol. The monoisotopic (exact) mass is 756 g/mol. The number of benzene rings is 3. The van der Waals surface area contributed by atoms with E-state index < -0.39 is 24.2 Å². The van der Waals surface area contributed by atoms with Crippen LogP contribution in [0.3, 0.4) is 0 Å². The lowest BCUT2D eigenvalue weighted by molar-refractivity contribution is -0.183. The van der Waals surface area contributed by atoms with Gasteiger partial charge in [0.15, 0.2) is 0 Å². The van der Waals surface area contributed by atoms with E-state index in [0.717, 1.165) is 34.4 Å². The summed E-state index contributed by atoms with van der Waals surface area (Å²) in [4.78, 5) is 36.4. The molecule has 3 saturated carbocycles. The van der Waals surface area contributed by atoms with Crippen LogP contribution in [0.4, 0.5) is 5.69 Å². The average Bonchev–Trinajstić information content (AvgIpc) is 3.54. The SMILES string of the molecule is COC[C@H](Cc1ccccc1)NC(=O)c1cc(-c2cccc(CN3O[C@@H](CO)[C@@H]([C@H](C)O)[C@H]3C(=O)N[C@H]3CC4C[C@@H]([C@@H]3C)C4(C)C)c2OC)cc(N(C)C)c1. The molecule has 0 spiro atoms. The minimum absolute atomic E-state index is 0.0327. The van der Waals surface area contributed by atoms with Crippen LogP contribution >= 0.6 is 0 Å². The van der Waals surface area contributed by atoms with Gasteiger partial charge in [0.2, 0.25) is 5.91 Å². The number of rotatable bonds is 15. The number of hydroxylamine groups is 2. The maximum absolute atomic E-state index is 14.3. The first kappa shape index (κ1) is 40.7. The summed E-state index contributed by atoms with van der Waals surface area (Å²) >= 11 is 0. The zero-order valence-corrected chi connectivity index (χ0v) is 33.6. The molecule has 3 aromatic carbocycles. The van der Waals surface area contributed by atoms with Crippen molar-refractivity contribution in [3.8, 4) is 16.9 Å². The molecule has 1 saturated heterocycles. The van der Waals surface area contributed by atoms with Crippen molar-refractivity contribution in [1.82, 2.24) is 15.7 Å². The molecule has 7 rings (SSSR count). The number of ether oxygens (including phenoxy) is 2. The van der Waals surface area contributed by atoms with Crippen molar-refractivity contribution >= 4 is 17.5 Å². The van der Waals surface area contributed by atoms with Crippen molar-refractivity contribution in [3.05, 3.63) is 83.4 Å². The number of carbonyl (C=O) groups is 2. The summed E-state index contributed by atoms with van der Waals surface area (Å²) < 4.78 is 11.6. The highest BCUT2D eigenvalue weighted by atomic mass is 16.7. The number of fused-ring (bicyclic) bond motifs is 2. The molecule has 3 aliphatic carbocycles. The summed E-state index contributed by atoms with van der Waals surface area (Å²) in [6, 6.07) is 20.5. The second-order valence-corrected chi connectivity index (χ2v) is 16.7. The summed E-state index contributed by atoms with van der Waals surface area (Å²) in [7, 11) is 7.10. The van der Waals surface area contributed by atoms with Gasteiger partial charge in [0, 0.05) is 55.5 Å². The Morgan fingerprint density at radius 3 is 2.42 bits per heavy atom. The molecule has 11 nitrogen and oxygen atoms in total. The van der Waals surface area contributed by atoms with E-state index >= 15 is 0 Å². The smallest absolute Gasteiger partial charge is 0.251 e. The van der Waals surface area contributed by atoms with Crippen LogP contribution in [0.15, 0.2) is 66.7 Å². The Balaban J connectivity index is 1.28. The third kappa shape index (κ3) is 8.42. The Hall–Kier alpha value is -4.00. The Morgan fingerprint density at radius 2 is 1.80 bits per heavy atom. The number of aliphatic hydroxyl groups is 2. The molecule has 4 N–H and O–H groups in total. The molecule has 1 heterocycles. The quantitative estimate of drug-likeness (QED) is 0.168. The van der Waals surface area contributed by atoms with Crippen molar-refractivity contribution in [1.29, 1.82) is 0 Å². The number of carbonyl (C=O) groups excluding carboxylic acids is 2. The van der Waals surface area contributed by atoms with E-state index in [2.05, 4.69) is 31.4 Å². The highest BCUT2D eigenvalue weighted by Crippen LogP contribution is 2.61. The molecule has 11 heteroatoms. The van der Waals surface area contributed by atoms with Gasteiger partial charge in [-0.1, -0.05) is 69.3 Å². The molecule has 3 aromatic rings. The van der Waals surface area contributed by atoms with Crippen LogP contribution in [-0.2, 0) is 27.3 Å². The van der Waals surface area contributed by atoms with Gasteiger partial charge in [-0.2, -0.15) is 5.06 Å². The number of anilines is 1. The normalized spacial score (nSPS) is 26.8. The van der Waals surface area contributed by atoms with Gasteiger partial charge in [-0.3, -0.25) is 14.4 Å². The first-order valence-corrected chi connectivity index (χ1v) is 19.6. The van der Waals surface area contributed by atoms with Gasteiger partial charge < -0.3 is 35.2 Å². The predicted octanol–water partition coefficient (Wildman–Crippen LogP) is 5.08. The molecule has 4 aliphatic rings. The van der Waals surface area contributed by atoms with Crippen molar-refractivity contribution in [2.75, 3.05) is 46.4 Å². The van der Waals surface area contributed by atoms with E-state index in [1.807, 2.05) is 85.7 Å². The van der Waals surface area contributed by atoms with E-state index in [1.165, 1.54) is 6.42 Å². The minimum atomic E-state index is -0.906. The fourth-order valence-electron chi connectivity index (χ4n) is 9.51. The highest BCUT2D eigenvalue weighted by molar-refractivity contribution is 5.97. The Bertz CT molecular complexity index is 1800. The average molecular weight is 757 g/mol. The molecule has 0 aromatic heterocycles. The molecule has 2 amide bonds. The van der Waals surface area contributed by atoms with E-state index in [-0.39, 0.29) is 42.5 Å². The fourth-order valence-corrected chi connectivity index (χ4v) is 9.51. The third-order valence-electron chi connectivity index (χ3n) is 12.7. The Morgan fingerprint density at radius 1 is 1.05 bits per heavy atom. The van der Waals surface area contributed by atoms with E-state index in [0.29, 0.717) is 42.1 Å². The van der Waals surface area contributed by atoms with Crippen molar-refractivity contribution in [2.45, 2.75) is 83.8 Å². The lowest BCUT2D eigenvalue weighted by atomic mass is 9.45. The summed E-state index contributed by atoms with van der Waals surface area (Å²) in [5.74, 6) is 0.943. The van der Waals surface area contributed by atoms with Crippen LogP contribution < -0.4 is 20.3 Å². The molecule has 9 atom stereocenters. The molecule has 0 radical (unpaired) electrons. The van der Waals surface area contributed by atoms with E-state index in [4.69, 9.17) is 14.3 Å². The third-order valence-corrected chi connectivity index (χ3v) is 12.7. The van der Waals surface area contributed by atoms with Crippen LogP contribution in [0.5, 0.6) is 5.75 Å². The van der Waals surface area contributed by atoms with Gasteiger partial charge in [0.25, 0.3) is 5.91 Å². The second kappa shape index (κ2) is 17.0. The van der Waals surface area contributed by atoms with Gasteiger partial charge in [-0.15, -0.1) is 0 Å². The zero-order chi connectivity index (χ0) is 39.6. The van der Waals surface area contributed by atoms with Crippen LogP contribution in [0, 0.1) is 29.1 Å². The Kier molecular flexibility index (Phi) is 12.6. The number of para-hydroxylation sites is 1. The zero-order valence-electron chi connectivity index (χ0n) is 33.6. The minimum Gasteiger partial charge on any atom is -0.496 e. The van der Waals surface area contributed by atoms with E-state index in [1.54, 1.807) is 26.2 Å². The summed E-state index contributed by atoms with van der Waals surface area (Å²) in [5.41, 5.74) is 5.00. The Labute approximate surface area is 326 Å². The first-order valence-electron chi connectivity index (χ1n) is 19.6. The summed E-state index contributed by atoms with van der Waals surface area (Å²) in [5, 5.41) is 29.5. The van der Waals surface area contributed by atoms with Crippen molar-refractivity contribution in [2.24, 2.45) is 29.1 Å². The first-order chi connectivity index (χ1) is 26.3. The van der Waals surface area contributed by atoms with Gasteiger partial charge in [-0.25, -0.2) is 0 Å². The number of hydrogen-bond donors (Lipinski definition) is 4. The molecule has 55 heavy (non-hydrogen) atoms. The fraction of sp³-hybridized carbons (Fsp3) is 0.545. The second-order valence-electron chi connectivity index (χ2n) is 16.7.